The second kappa shape index (κ2) is 3.77. The fourth-order valence-corrected chi connectivity index (χ4v) is 1.69. The van der Waals surface area contributed by atoms with Crippen molar-refractivity contribution in [3.63, 3.8) is 0 Å². The fourth-order valence-electron chi connectivity index (χ4n) is 1.69. The van der Waals surface area contributed by atoms with Crippen LogP contribution in [0.3, 0.4) is 0 Å². The molecule has 2 heterocycles. The zero-order valence-corrected chi connectivity index (χ0v) is 8.55. The van der Waals surface area contributed by atoms with Gasteiger partial charge < -0.3 is 4.74 Å². The Bertz CT molecular complexity index is 535. The van der Waals surface area contributed by atoms with Gasteiger partial charge in [-0.2, -0.15) is 0 Å². The molecule has 1 radical (unpaired) electrons. The van der Waals surface area contributed by atoms with Crippen molar-refractivity contribution in [3.8, 4) is 5.75 Å². The largest absolute Gasteiger partial charge is 0.453 e. The maximum atomic E-state index is 5.44. The minimum atomic E-state index is 0.787. The molecule has 0 amide bonds. The number of aromatic nitrogens is 2. The molecule has 77 valence electrons. The second-order valence-electron chi connectivity index (χ2n) is 3.56. The van der Waals surface area contributed by atoms with E-state index in [9.17, 15) is 0 Å². The molecule has 2 aromatic rings. The van der Waals surface area contributed by atoms with Crippen LogP contribution in [0.4, 0.5) is 0 Å². The lowest BCUT2D eigenvalue weighted by Crippen LogP contribution is -2.04. The Morgan fingerprint density at radius 3 is 3.00 bits per heavy atom. The van der Waals surface area contributed by atoms with Gasteiger partial charge in [-0.05, 0) is 11.6 Å². The maximum Gasteiger partial charge on any atom is 0.176 e. The number of nitrogens with zero attached hydrogens (tertiary/aromatic N) is 2. The van der Waals surface area contributed by atoms with E-state index in [4.69, 9.17) is 4.74 Å². The minimum absolute atomic E-state index is 0.787. The number of rotatable bonds is 1. The summed E-state index contributed by atoms with van der Waals surface area (Å²) in [5.74, 6) is 0.871. The Hall–Kier alpha value is -2.16. The summed E-state index contributed by atoms with van der Waals surface area (Å²) in [5, 5.41) is 0. The summed E-state index contributed by atoms with van der Waals surface area (Å²) in [7, 11) is 0. The topological polar surface area (TPSA) is 35.0 Å². The molecule has 3 heteroatoms. The summed E-state index contributed by atoms with van der Waals surface area (Å²) in [4.78, 5) is 8.27. The van der Waals surface area contributed by atoms with Gasteiger partial charge in [0.25, 0.3) is 0 Å². The molecule has 0 spiro atoms. The molecule has 0 unspecified atom stereocenters. The highest BCUT2D eigenvalue weighted by atomic mass is 16.5. The zero-order chi connectivity index (χ0) is 10.8. The van der Waals surface area contributed by atoms with Crippen LogP contribution < -0.4 is 4.74 Å². The van der Waals surface area contributed by atoms with Gasteiger partial charge in [0.15, 0.2) is 6.26 Å². The fraction of sp³-hybridized carbons (Fsp3) is 0.0769. The van der Waals surface area contributed by atoms with E-state index in [1.54, 1.807) is 18.6 Å². The van der Waals surface area contributed by atoms with Crippen LogP contribution in [0.15, 0.2) is 42.9 Å². The first-order chi connectivity index (χ1) is 7.93. The molecule has 1 aromatic carbocycles. The first-order valence-electron chi connectivity index (χ1n) is 5.06. The van der Waals surface area contributed by atoms with Crippen molar-refractivity contribution in [1.29, 1.82) is 0 Å². The van der Waals surface area contributed by atoms with E-state index in [2.05, 4.69) is 16.2 Å². The zero-order valence-electron chi connectivity index (χ0n) is 8.55. The quantitative estimate of drug-likeness (QED) is 0.722. The Balaban J connectivity index is 1.95. The Labute approximate surface area is 93.4 Å². The lowest BCUT2D eigenvalue weighted by molar-refractivity contribution is 0.441. The van der Waals surface area contributed by atoms with Crippen LogP contribution in [0.2, 0.25) is 0 Å². The van der Waals surface area contributed by atoms with Gasteiger partial charge in [0.2, 0.25) is 0 Å². The first-order valence-corrected chi connectivity index (χ1v) is 5.06. The van der Waals surface area contributed by atoms with E-state index < -0.39 is 0 Å². The van der Waals surface area contributed by atoms with Gasteiger partial charge in [-0.25, -0.2) is 0 Å². The first kappa shape index (κ1) is 9.09. The summed E-state index contributed by atoms with van der Waals surface area (Å²) in [6.45, 7) is 0. The Morgan fingerprint density at radius 2 is 2.12 bits per heavy atom. The van der Waals surface area contributed by atoms with Gasteiger partial charge in [-0.3, -0.25) is 9.97 Å². The van der Waals surface area contributed by atoms with Crippen LogP contribution in [0.25, 0.3) is 5.57 Å². The molecule has 16 heavy (non-hydrogen) atoms. The van der Waals surface area contributed by atoms with Crippen molar-refractivity contribution in [2.24, 2.45) is 0 Å². The third kappa shape index (κ3) is 1.56. The summed E-state index contributed by atoms with van der Waals surface area (Å²) in [6, 6.07) is 7.94. The van der Waals surface area contributed by atoms with E-state index in [-0.39, 0.29) is 0 Å². The predicted octanol–water partition coefficient (Wildman–Crippen LogP) is 2.26. The monoisotopic (exact) mass is 209 g/mol. The molecule has 0 fully saturated rings. The number of hydrogen-bond acceptors (Lipinski definition) is 3. The third-order valence-corrected chi connectivity index (χ3v) is 2.50. The number of fused-ring (bicyclic) bond motifs is 1. The van der Waals surface area contributed by atoms with Gasteiger partial charge in [0.05, 0.1) is 11.9 Å². The van der Waals surface area contributed by atoms with Gasteiger partial charge in [0, 0.05) is 24.4 Å². The van der Waals surface area contributed by atoms with E-state index in [0.717, 1.165) is 29.0 Å². The molecule has 3 rings (SSSR count). The minimum Gasteiger partial charge on any atom is -0.453 e. The van der Waals surface area contributed by atoms with Crippen LogP contribution in [0.1, 0.15) is 11.3 Å². The highest BCUT2D eigenvalue weighted by Gasteiger charge is 2.14. The van der Waals surface area contributed by atoms with Crippen molar-refractivity contribution in [3.05, 3.63) is 60.4 Å². The standard InChI is InChI=1S/C13H9N2O/c1-2-4-13-10(3-1)7-11(9-16-13)12-8-14-5-6-15-12/h1-6,8H,7H2. The molecule has 1 aliphatic heterocycles. The van der Waals surface area contributed by atoms with Gasteiger partial charge in [0.1, 0.15) is 5.75 Å². The lowest BCUT2D eigenvalue weighted by Gasteiger charge is -2.15. The average molecular weight is 209 g/mol. The normalized spacial score (nSPS) is 13.6. The van der Waals surface area contributed by atoms with Crippen molar-refractivity contribution < 1.29 is 4.74 Å². The van der Waals surface area contributed by atoms with E-state index in [1.165, 1.54) is 0 Å². The highest BCUT2D eigenvalue weighted by Crippen LogP contribution is 2.29. The Kier molecular flexibility index (Phi) is 2.14. The molecular weight excluding hydrogens is 200 g/mol. The van der Waals surface area contributed by atoms with Gasteiger partial charge in [-0.1, -0.05) is 18.2 Å². The summed E-state index contributed by atoms with van der Waals surface area (Å²) < 4.78 is 5.44. The molecule has 3 nitrogen and oxygen atoms in total. The molecule has 0 bridgehead atoms. The second-order valence-corrected chi connectivity index (χ2v) is 3.56. The van der Waals surface area contributed by atoms with Crippen molar-refractivity contribution in [2.75, 3.05) is 0 Å². The molecule has 0 saturated carbocycles. The summed E-state index contributed by atoms with van der Waals surface area (Å²) in [6.07, 6.45) is 8.74. The molecule has 1 aliphatic rings. The van der Waals surface area contributed by atoms with Crippen molar-refractivity contribution in [2.45, 2.75) is 6.42 Å². The number of ether oxygens (including phenoxy) is 1. The molecule has 1 aromatic heterocycles. The summed E-state index contributed by atoms with van der Waals surface area (Å²) in [5.41, 5.74) is 2.91. The van der Waals surface area contributed by atoms with E-state index >= 15 is 0 Å². The molecule has 0 N–H and O–H groups in total. The maximum absolute atomic E-state index is 5.44. The molecule has 0 atom stereocenters. The van der Waals surface area contributed by atoms with Crippen LogP contribution >= 0.6 is 0 Å². The molecule has 0 aliphatic carbocycles. The number of benzene rings is 1. The molecule has 0 saturated heterocycles. The van der Waals surface area contributed by atoms with E-state index in [0.29, 0.717) is 0 Å². The highest BCUT2D eigenvalue weighted by molar-refractivity contribution is 5.65. The Morgan fingerprint density at radius 1 is 1.19 bits per heavy atom. The van der Waals surface area contributed by atoms with Gasteiger partial charge >= 0.3 is 0 Å². The summed E-state index contributed by atoms with van der Waals surface area (Å²) >= 11 is 0. The smallest absolute Gasteiger partial charge is 0.176 e. The number of allylic oxidation sites excluding steroid dienone is 1. The number of hydrogen-bond donors (Lipinski definition) is 0. The van der Waals surface area contributed by atoms with Crippen LogP contribution in [-0.4, -0.2) is 9.97 Å². The van der Waals surface area contributed by atoms with Crippen LogP contribution in [0.5, 0.6) is 5.75 Å². The van der Waals surface area contributed by atoms with Crippen molar-refractivity contribution >= 4 is 5.57 Å². The average Bonchev–Trinajstić information content (AvgIpc) is 2.39. The number of para-hydroxylation sites is 1. The van der Waals surface area contributed by atoms with Crippen molar-refractivity contribution in [1.82, 2.24) is 9.97 Å². The van der Waals surface area contributed by atoms with Crippen LogP contribution in [0, 0.1) is 6.26 Å². The van der Waals surface area contributed by atoms with Crippen LogP contribution in [-0.2, 0) is 6.42 Å². The predicted molar refractivity (Wildman–Crippen MR) is 59.5 cm³/mol. The lowest BCUT2D eigenvalue weighted by atomic mass is 10.0. The van der Waals surface area contributed by atoms with E-state index in [1.807, 2.05) is 24.3 Å². The SMILES string of the molecule is [C]1=C(c2cnccn2)Cc2ccccc2O1. The molecular formula is C13H9N2O. The third-order valence-electron chi connectivity index (χ3n) is 2.50. The van der Waals surface area contributed by atoms with Gasteiger partial charge in [-0.15, -0.1) is 0 Å².